The number of para-hydroxylation sites is 1. The first kappa shape index (κ1) is 22.3. The number of hydrazone groups is 1. The number of halogens is 2. The van der Waals surface area contributed by atoms with Gasteiger partial charge in [0.2, 0.25) is 0 Å². The molecule has 0 spiro atoms. The van der Waals surface area contributed by atoms with E-state index in [9.17, 15) is 0 Å². The lowest BCUT2D eigenvalue weighted by molar-refractivity contribution is 0.131. The van der Waals surface area contributed by atoms with Crippen molar-refractivity contribution in [1.82, 2.24) is 9.91 Å². The van der Waals surface area contributed by atoms with Crippen LogP contribution in [0.5, 0.6) is 5.75 Å². The Balaban J connectivity index is 0.00000169. The first-order valence-corrected chi connectivity index (χ1v) is 8.62. The molecule has 0 radical (unpaired) electrons. The molecule has 4 nitrogen and oxygen atoms in total. The van der Waals surface area contributed by atoms with E-state index in [0.717, 1.165) is 44.0 Å². The molecule has 0 saturated carbocycles. The maximum absolute atomic E-state index is 5.64. The van der Waals surface area contributed by atoms with Crippen molar-refractivity contribution in [2.45, 2.75) is 13.5 Å². The molecule has 0 atom stereocenters. The first-order valence-electron chi connectivity index (χ1n) is 8.62. The second-order valence-electron chi connectivity index (χ2n) is 5.93. The Morgan fingerprint density at radius 3 is 2.27 bits per heavy atom. The van der Waals surface area contributed by atoms with Crippen LogP contribution in [0.15, 0.2) is 59.7 Å². The van der Waals surface area contributed by atoms with Crippen LogP contribution >= 0.6 is 24.8 Å². The summed E-state index contributed by atoms with van der Waals surface area (Å²) in [7, 11) is 0. The lowest BCUT2D eigenvalue weighted by Crippen LogP contribution is -2.43. The molecule has 0 aliphatic carbocycles. The van der Waals surface area contributed by atoms with E-state index in [0.29, 0.717) is 6.61 Å². The third-order valence-electron chi connectivity index (χ3n) is 4.18. The summed E-state index contributed by atoms with van der Waals surface area (Å²) in [6, 6.07) is 18.7. The van der Waals surface area contributed by atoms with E-state index in [-0.39, 0.29) is 24.8 Å². The summed E-state index contributed by atoms with van der Waals surface area (Å²) in [6.07, 6.45) is 1.91. The lowest BCUT2D eigenvalue weighted by Gasteiger charge is -2.33. The van der Waals surface area contributed by atoms with Crippen LogP contribution < -0.4 is 4.74 Å². The van der Waals surface area contributed by atoms with Crippen molar-refractivity contribution in [3.05, 3.63) is 65.7 Å². The van der Waals surface area contributed by atoms with Crippen LogP contribution in [0.4, 0.5) is 0 Å². The highest BCUT2D eigenvalue weighted by molar-refractivity contribution is 5.85. The molecule has 0 unspecified atom stereocenters. The van der Waals surface area contributed by atoms with Crippen LogP contribution in [0.3, 0.4) is 0 Å². The van der Waals surface area contributed by atoms with Gasteiger partial charge < -0.3 is 4.74 Å². The zero-order valence-corrected chi connectivity index (χ0v) is 16.7. The van der Waals surface area contributed by atoms with E-state index < -0.39 is 0 Å². The maximum atomic E-state index is 5.64. The number of ether oxygens (including phenoxy) is 1. The average molecular weight is 396 g/mol. The second-order valence-corrected chi connectivity index (χ2v) is 5.93. The summed E-state index contributed by atoms with van der Waals surface area (Å²) in [5.74, 6) is 0.895. The van der Waals surface area contributed by atoms with Crippen molar-refractivity contribution in [3.63, 3.8) is 0 Å². The highest BCUT2D eigenvalue weighted by Crippen LogP contribution is 2.16. The molecule has 0 N–H and O–H groups in total. The summed E-state index contributed by atoms with van der Waals surface area (Å²) in [5, 5.41) is 6.78. The molecule has 6 heteroatoms. The molecule has 2 aromatic rings. The smallest absolute Gasteiger partial charge is 0.128 e. The third kappa shape index (κ3) is 6.52. The quantitative estimate of drug-likeness (QED) is 0.689. The van der Waals surface area contributed by atoms with Crippen LogP contribution in [0.1, 0.15) is 18.1 Å². The number of piperazine rings is 1. The number of rotatable bonds is 6. The standard InChI is InChI=1S/C20H25N3O.2ClH/c1-2-24-20-11-7-6-10-19(20)16-21-23-14-12-22(13-15-23)17-18-8-4-3-5-9-18;;/h3-11,16H,2,12-15,17H2,1H3;2*1H/b21-16+;;. The van der Waals surface area contributed by atoms with Crippen LogP contribution in [-0.4, -0.2) is 48.9 Å². The minimum absolute atomic E-state index is 0. The maximum Gasteiger partial charge on any atom is 0.128 e. The fourth-order valence-corrected chi connectivity index (χ4v) is 2.87. The molecule has 1 aliphatic heterocycles. The largest absolute Gasteiger partial charge is 0.493 e. The normalized spacial score (nSPS) is 14.6. The highest BCUT2D eigenvalue weighted by Gasteiger charge is 2.15. The molecule has 0 aromatic heterocycles. The Morgan fingerprint density at radius 1 is 0.923 bits per heavy atom. The number of hydrogen-bond donors (Lipinski definition) is 0. The Kier molecular flexibility index (Phi) is 10.1. The summed E-state index contributed by atoms with van der Waals surface area (Å²) < 4.78 is 5.64. The Morgan fingerprint density at radius 2 is 1.58 bits per heavy atom. The molecule has 142 valence electrons. The molecule has 1 aliphatic rings. The number of benzene rings is 2. The molecule has 0 amide bonds. The van der Waals surface area contributed by atoms with Crippen molar-refractivity contribution in [2.75, 3.05) is 32.8 Å². The topological polar surface area (TPSA) is 28.1 Å². The van der Waals surface area contributed by atoms with E-state index in [2.05, 4.69) is 45.3 Å². The molecule has 26 heavy (non-hydrogen) atoms. The molecule has 1 heterocycles. The SMILES string of the molecule is CCOc1ccccc1/C=N/N1CCN(Cc2ccccc2)CC1.Cl.Cl. The fourth-order valence-electron chi connectivity index (χ4n) is 2.87. The van der Waals surface area contributed by atoms with Gasteiger partial charge in [0, 0.05) is 38.3 Å². The summed E-state index contributed by atoms with van der Waals surface area (Å²) >= 11 is 0. The van der Waals surface area contributed by atoms with Crippen LogP contribution in [0.25, 0.3) is 0 Å². The van der Waals surface area contributed by atoms with Crippen LogP contribution in [-0.2, 0) is 6.54 Å². The third-order valence-corrected chi connectivity index (χ3v) is 4.18. The van der Waals surface area contributed by atoms with Crippen LogP contribution in [0.2, 0.25) is 0 Å². The van der Waals surface area contributed by atoms with E-state index >= 15 is 0 Å². The molecule has 1 saturated heterocycles. The van der Waals surface area contributed by atoms with Crippen LogP contribution in [0, 0.1) is 0 Å². The first-order chi connectivity index (χ1) is 11.8. The summed E-state index contributed by atoms with van der Waals surface area (Å²) in [5.41, 5.74) is 2.41. The van der Waals surface area contributed by atoms with Gasteiger partial charge in [-0.15, -0.1) is 24.8 Å². The summed E-state index contributed by atoms with van der Waals surface area (Å²) in [4.78, 5) is 2.48. The molecular weight excluding hydrogens is 369 g/mol. The van der Waals surface area contributed by atoms with Crippen molar-refractivity contribution in [1.29, 1.82) is 0 Å². The number of nitrogens with zero attached hydrogens (tertiary/aromatic N) is 3. The lowest BCUT2D eigenvalue weighted by atomic mass is 10.2. The molecular formula is C20H27Cl2N3O. The second kappa shape index (κ2) is 11.8. The minimum atomic E-state index is 0. The van der Waals surface area contributed by atoms with E-state index in [1.165, 1.54) is 5.56 Å². The van der Waals surface area contributed by atoms with Gasteiger partial charge in [0.15, 0.2) is 0 Å². The molecule has 2 aromatic carbocycles. The van der Waals surface area contributed by atoms with Crippen molar-refractivity contribution in [2.24, 2.45) is 5.10 Å². The Labute approximate surface area is 168 Å². The van der Waals surface area contributed by atoms with E-state index in [1.807, 2.05) is 37.4 Å². The van der Waals surface area contributed by atoms with E-state index in [4.69, 9.17) is 4.74 Å². The summed E-state index contributed by atoms with van der Waals surface area (Å²) in [6.45, 7) is 7.69. The fraction of sp³-hybridized carbons (Fsp3) is 0.350. The van der Waals surface area contributed by atoms with Crippen molar-refractivity contribution < 1.29 is 4.74 Å². The molecule has 0 bridgehead atoms. The van der Waals surface area contributed by atoms with Gasteiger partial charge in [-0.2, -0.15) is 5.10 Å². The molecule has 3 rings (SSSR count). The van der Waals surface area contributed by atoms with Gasteiger partial charge in [0.25, 0.3) is 0 Å². The van der Waals surface area contributed by atoms with Gasteiger partial charge in [0.05, 0.1) is 12.8 Å². The van der Waals surface area contributed by atoms with Gasteiger partial charge in [-0.25, -0.2) is 0 Å². The van der Waals surface area contributed by atoms with Gasteiger partial charge in [-0.1, -0.05) is 42.5 Å². The predicted octanol–water partition coefficient (Wildman–Crippen LogP) is 4.08. The van der Waals surface area contributed by atoms with Gasteiger partial charge in [-0.05, 0) is 24.6 Å². The monoisotopic (exact) mass is 395 g/mol. The molecule has 1 fully saturated rings. The zero-order valence-electron chi connectivity index (χ0n) is 15.1. The van der Waals surface area contributed by atoms with E-state index in [1.54, 1.807) is 0 Å². The van der Waals surface area contributed by atoms with Gasteiger partial charge in [0.1, 0.15) is 5.75 Å². The average Bonchev–Trinajstić information content (AvgIpc) is 2.63. The Hall–Kier alpha value is -1.75. The predicted molar refractivity (Wildman–Crippen MR) is 113 cm³/mol. The Bertz CT molecular complexity index is 659. The van der Waals surface area contributed by atoms with Crippen molar-refractivity contribution in [3.8, 4) is 5.75 Å². The highest BCUT2D eigenvalue weighted by atomic mass is 35.5. The zero-order chi connectivity index (χ0) is 16.6. The van der Waals surface area contributed by atoms with Crippen molar-refractivity contribution >= 4 is 31.0 Å². The van der Waals surface area contributed by atoms with Gasteiger partial charge >= 0.3 is 0 Å². The number of hydrogen-bond acceptors (Lipinski definition) is 4. The minimum Gasteiger partial charge on any atom is -0.493 e. The van der Waals surface area contributed by atoms with Gasteiger partial charge in [-0.3, -0.25) is 9.91 Å².